The molecule has 0 bridgehead atoms. The van der Waals surface area contributed by atoms with Crippen LogP contribution in [0.5, 0.6) is 0 Å². The van der Waals surface area contributed by atoms with Crippen LogP contribution in [0.1, 0.15) is 11.6 Å². The van der Waals surface area contributed by atoms with Crippen molar-refractivity contribution in [3.8, 4) is 11.5 Å². The number of benzene rings is 1. The molecule has 0 fully saturated rings. The first kappa shape index (κ1) is 15.6. The van der Waals surface area contributed by atoms with Crippen LogP contribution in [0.3, 0.4) is 0 Å². The molecule has 0 unspecified atom stereocenters. The number of nitrogens with zero attached hydrogens (tertiary/aromatic N) is 5. The molecular weight excluding hydrogens is 317 g/mol. The number of aryl methyl sites for hydroxylation is 2. The summed E-state index contributed by atoms with van der Waals surface area (Å²) in [6, 6.07) is 13.3. The minimum Gasteiger partial charge on any atom is -0.423 e. The van der Waals surface area contributed by atoms with E-state index < -0.39 is 7.12 Å². The molecule has 0 aliphatic heterocycles. The van der Waals surface area contributed by atoms with Crippen LogP contribution in [0, 0.1) is 13.8 Å². The lowest BCUT2D eigenvalue weighted by molar-refractivity contribution is 0.426. The first-order valence-corrected chi connectivity index (χ1v) is 7.89. The highest BCUT2D eigenvalue weighted by Crippen LogP contribution is 2.20. The van der Waals surface area contributed by atoms with Gasteiger partial charge in [0, 0.05) is 22.7 Å². The van der Waals surface area contributed by atoms with Gasteiger partial charge in [-0.05, 0) is 38.1 Å². The largest absolute Gasteiger partial charge is 0.490 e. The number of rotatable bonds is 3. The van der Waals surface area contributed by atoms with Gasteiger partial charge in [-0.15, -0.1) is 10.2 Å². The van der Waals surface area contributed by atoms with Gasteiger partial charge >= 0.3 is 7.12 Å². The number of hydrogen-bond acceptors (Lipinski definition) is 5. The van der Waals surface area contributed by atoms with E-state index in [2.05, 4.69) is 10.2 Å². The summed E-state index contributed by atoms with van der Waals surface area (Å²) in [5.41, 5.74) is 1.94. The number of pyridine rings is 1. The third-order valence-electron chi connectivity index (χ3n) is 4.20. The van der Waals surface area contributed by atoms with Crippen LogP contribution >= 0.6 is 0 Å². The van der Waals surface area contributed by atoms with Crippen molar-refractivity contribution < 1.29 is 10.0 Å². The lowest BCUT2D eigenvalue weighted by atomic mass is 9.80. The molecule has 124 valence electrons. The van der Waals surface area contributed by atoms with Gasteiger partial charge in [0.1, 0.15) is 23.1 Å². The van der Waals surface area contributed by atoms with Crippen LogP contribution in [0.2, 0.25) is 0 Å². The molecule has 4 aromatic rings. The summed E-state index contributed by atoms with van der Waals surface area (Å²) in [5, 5.41) is 28.3. The van der Waals surface area contributed by atoms with E-state index in [1.807, 2.05) is 65.4 Å². The van der Waals surface area contributed by atoms with E-state index in [0.717, 1.165) is 17.3 Å². The molecule has 0 amide bonds. The fraction of sp³-hybridized carbons (Fsp3) is 0.118. The van der Waals surface area contributed by atoms with E-state index in [1.165, 1.54) is 0 Å². The van der Waals surface area contributed by atoms with Crippen molar-refractivity contribution in [1.29, 1.82) is 0 Å². The van der Waals surface area contributed by atoms with Crippen LogP contribution < -0.4 is 5.46 Å². The van der Waals surface area contributed by atoms with Crippen LogP contribution in [-0.4, -0.2) is 41.5 Å². The topological polar surface area (TPSA) is 89.0 Å². The van der Waals surface area contributed by atoms with Crippen molar-refractivity contribution in [2.45, 2.75) is 13.8 Å². The maximum atomic E-state index is 9.71. The molecule has 0 aliphatic carbocycles. The average Bonchev–Trinajstić information content (AvgIpc) is 3.15. The fourth-order valence-electron chi connectivity index (χ4n) is 3.03. The molecule has 2 N–H and O–H groups in total. The van der Waals surface area contributed by atoms with Crippen molar-refractivity contribution in [2.24, 2.45) is 0 Å². The summed E-state index contributed by atoms with van der Waals surface area (Å²) in [6.07, 6.45) is 1.70. The van der Waals surface area contributed by atoms with Crippen LogP contribution in [0.15, 0.2) is 48.7 Å². The van der Waals surface area contributed by atoms with Gasteiger partial charge in [-0.2, -0.15) is 0 Å². The Hall–Kier alpha value is -2.97. The van der Waals surface area contributed by atoms with E-state index >= 15 is 0 Å². The molecule has 3 heterocycles. The van der Waals surface area contributed by atoms with Crippen LogP contribution in [0.4, 0.5) is 0 Å². The quantitative estimate of drug-likeness (QED) is 0.544. The zero-order valence-corrected chi connectivity index (χ0v) is 13.8. The molecular formula is C17H16BN5O2. The summed E-state index contributed by atoms with van der Waals surface area (Å²) in [6.45, 7) is 3.73. The van der Waals surface area contributed by atoms with Crippen molar-refractivity contribution in [3.05, 3.63) is 60.3 Å². The summed E-state index contributed by atoms with van der Waals surface area (Å²) in [4.78, 5) is 4.74. The summed E-state index contributed by atoms with van der Waals surface area (Å²) in [7, 11) is -1.57. The van der Waals surface area contributed by atoms with E-state index in [1.54, 1.807) is 6.20 Å². The molecule has 1 aromatic carbocycles. The predicted molar refractivity (Wildman–Crippen MR) is 95.3 cm³/mol. The van der Waals surface area contributed by atoms with Crippen LogP contribution in [-0.2, 0) is 0 Å². The van der Waals surface area contributed by atoms with Crippen molar-refractivity contribution in [2.75, 3.05) is 0 Å². The van der Waals surface area contributed by atoms with E-state index in [4.69, 9.17) is 4.98 Å². The average molecular weight is 333 g/mol. The molecule has 0 atom stereocenters. The molecule has 8 heteroatoms. The molecule has 0 saturated heterocycles. The van der Waals surface area contributed by atoms with E-state index in [-0.39, 0.29) is 0 Å². The maximum absolute atomic E-state index is 9.71. The minimum atomic E-state index is -1.57. The highest BCUT2D eigenvalue weighted by Gasteiger charge is 2.21. The number of hydrogen-bond donors (Lipinski definition) is 2. The second kappa shape index (κ2) is 5.84. The molecule has 0 radical (unpaired) electrons. The standard InChI is InChI=1S/C17H16BN5O2/c1-11-20-21-12(2)23(11)16-9-8-14-15(18(24)25)10-22(17(14)19-16)13-6-4-3-5-7-13/h3-10,24-25H,1-2H3. The SMILES string of the molecule is Cc1nnc(C)n1-c1ccc2c(B(O)O)cn(-c3ccccc3)c2n1. The Morgan fingerprint density at radius 3 is 2.24 bits per heavy atom. The van der Waals surface area contributed by atoms with E-state index in [9.17, 15) is 10.0 Å². The molecule has 25 heavy (non-hydrogen) atoms. The Balaban J connectivity index is 2.00. The van der Waals surface area contributed by atoms with Crippen molar-refractivity contribution in [1.82, 2.24) is 24.3 Å². The molecule has 0 saturated carbocycles. The third-order valence-corrected chi connectivity index (χ3v) is 4.20. The van der Waals surface area contributed by atoms with Gasteiger partial charge in [0.25, 0.3) is 0 Å². The monoisotopic (exact) mass is 333 g/mol. The normalized spacial score (nSPS) is 11.2. The zero-order valence-electron chi connectivity index (χ0n) is 13.8. The lowest BCUT2D eigenvalue weighted by Gasteiger charge is -2.08. The summed E-state index contributed by atoms with van der Waals surface area (Å²) < 4.78 is 3.71. The summed E-state index contributed by atoms with van der Waals surface area (Å²) >= 11 is 0. The van der Waals surface area contributed by atoms with Crippen molar-refractivity contribution >= 4 is 23.6 Å². The fourth-order valence-corrected chi connectivity index (χ4v) is 3.03. The third kappa shape index (κ3) is 2.52. The highest BCUT2D eigenvalue weighted by atomic mass is 16.4. The summed E-state index contributed by atoms with van der Waals surface area (Å²) in [5.74, 6) is 2.16. The second-order valence-corrected chi connectivity index (χ2v) is 5.83. The van der Waals surface area contributed by atoms with Gasteiger partial charge in [-0.25, -0.2) is 4.98 Å². The predicted octanol–water partition coefficient (Wildman–Crippen LogP) is 0.903. The van der Waals surface area contributed by atoms with Gasteiger partial charge in [-0.3, -0.25) is 4.57 Å². The Morgan fingerprint density at radius 1 is 0.920 bits per heavy atom. The maximum Gasteiger partial charge on any atom is 0.490 e. The molecule has 0 spiro atoms. The van der Waals surface area contributed by atoms with Gasteiger partial charge < -0.3 is 14.6 Å². The van der Waals surface area contributed by atoms with Gasteiger partial charge in [0.15, 0.2) is 0 Å². The van der Waals surface area contributed by atoms with E-state index in [0.29, 0.717) is 22.3 Å². The zero-order chi connectivity index (χ0) is 17.6. The Morgan fingerprint density at radius 2 is 1.60 bits per heavy atom. The first-order chi connectivity index (χ1) is 12.1. The number of para-hydroxylation sites is 1. The first-order valence-electron chi connectivity index (χ1n) is 7.89. The van der Waals surface area contributed by atoms with Crippen molar-refractivity contribution in [3.63, 3.8) is 0 Å². The highest BCUT2D eigenvalue weighted by molar-refractivity contribution is 6.62. The smallest absolute Gasteiger partial charge is 0.423 e. The molecule has 0 aliphatic rings. The molecule has 7 nitrogen and oxygen atoms in total. The Kier molecular flexibility index (Phi) is 3.63. The number of fused-ring (bicyclic) bond motifs is 1. The van der Waals surface area contributed by atoms with Crippen LogP contribution in [0.25, 0.3) is 22.5 Å². The molecule has 3 aromatic heterocycles. The Labute approximate surface area is 144 Å². The second-order valence-electron chi connectivity index (χ2n) is 5.83. The lowest BCUT2D eigenvalue weighted by Crippen LogP contribution is -2.29. The minimum absolute atomic E-state index is 0.412. The molecule has 4 rings (SSSR count). The number of aromatic nitrogens is 5. The Bertz CT molecular complexity index is 1040. The van der Waals surface area contributed by atoms with Gasteiger partial charge in [0.05, 0.1) is 0 Å². The van der Waals surface area contributed by atoms with Gasteiger partial charge in [0.2, 0.25) is 0 Å². The van der Waals surface area contributed by atoms with Gasteiger partial charge in [-0.1, -0.05) is 18.2 Å².